The van der Waals surface area contributed by atoms with Crippen molar-refractivity contribution in [2.24, 2.45) is 46.2 Å². The highest BCUT2D eigenvalue weighted by Gasteiger charge is 2.62. The molecule has 37 heavy (non-hydrogen) atoms. The number of nitrogens with two attached hydrogens (primary N) is 1. The number of ketones is 3. The molecular weight excluding hydrogens is 462 g/mol. The van der Waals surface area contributed by atoms with Crippen molar-refractivity contribution >= 4 is 17.3 Å². The molecule has 4 aliphatic carbocycles. The third-order valence-corrected chi connectivity index (χ3v) is 9.89. The van der Waals surface area contributed by atoms with Gasteiger partial charge in [-0.3, -0.25) is 14.4 Å². The molecule has 5 rings (SSSR count). The van der Waals surface area contributed by atoms with Crippen LogP contribution in [0.25, 0.3) is 0 Å². The summed E-state index contributed by atoms with van der Waals surface area (Å²) < 4.78 is 4.75. The molecule has 3 fully saturated rings. The first-order valence-electron chi connectivity index (χ1n) is 13.8. The molecule has 0 amide bonds. The Morgan fingerprint density at radius 1 is 1.19 bits per heavy atom. The van der Waals surface area contributed by atoms with Crippen LogP contribution in [0, 0.1) is 53.3 Å². The molecule has 7 atom stereocenters. The van der Waals surface area contributed by atoms with Crippen LogP contribution in [-0.4, -0.2) is 23.9 Å². The van der Waals surface area contributed by atoms with Crippen molar-refractivity contribution < 1.29 is 18.8 Å². The molecular formula is C32H43NO4. The number of rotatable bonds is 5. The molecule has 7 unspecified atom stereocenters. The van der Waals surface area contributed by atoms with Gasteiger partial charge in [-0.05, 0) is 98.4 Å². The molecule has 3 saturated carbocycles. The van der Waals surface area contributed by atoms with Crippen molar-refractivity contribution in [2.45, 2.75) is 72.6 Å². The number of furan rings is 1. The number of carbonyl (C=O) groups is 3. The number of terminal acetylenes is 1. The van der Waals surface area contributed by atoms with E-state index in [-0.39, 0.29) is 28.3 Å². The maximum atomic E-state index is 12.7. The summed E-state index contributed by atoms with van der Waals surface area (Å²) in [6.07, 6.45) is 22.6. The van der Waals surface area contributed by atoms with Crippen molar-refractivity contribution in [1.82, 2.24) is 0 Å². The van der Waals surface area contributed by atoms with Crippen LogP contribution in [-0.2, 0) is 9.59 Å². The molecule has 2 N–H and O–H groups in total. The fraction of sp³-hybridized carbons (Fsp3) is 0.594. The van der Waals surface area contributed by atoms with Crippen molar-refractivity contribution in [2.75, 3.05) is 6.54 Å². The first kappa shape index (κ1) is 28.9. The molecule has 1 aromatic rings. The average Bonchev–Trinajstić information content (AvgIpc) is 3.57. The van der Waals surface area contributed by atoms with Crippen molar-refractivity contribution in [3.8, 4) is 12.8 Å². The first-order chi connectivity index (χ1) is 17.7. The van der Waals surface area contributed by atoms with Gasteiger partial charge in [0.05, 0.1) is 6.26 Å². The van der Waals surface area contributed by atoms with Gasteiger partial charge in [-0.2, -0.15) is 0 Å². The lowest BCUT2D eigenvalue weighted by Gasteiger charge is -2.60. The van der Waals surface area contributed by atoms with Gasteiger partial charge in [0.25, 0.3) is 0 Å². The maximum absolute atomic E-state index is 12.7. The minimum atomic E-state index is -0.0324. The molecule has 200 valence electrons. The van der Waals surface area contributed by atoms with Gasteiger partial charge >= 0.3 is 0 Å². The zero-order chi connectivity index (χ0) is 27.4. The SMILES string of the molecule is C#C.CC(=O)c1ccco1.CCC(=O)C1CCC2C3CCC4=CC(=O)C=CC4(CC)C3C(CN)CC12C. The molecule has 5 heteroatoms. The van der Waals surface area contributed by atoms with E-state index in [2.05, 4.69) is 32.8 Å². The van der Waals surface area contributed by atoms with Crippen LogP contribution >= 0.6 is 0 Å². The monoisotopic (exact) mass is 505 g/mol. The Morgan fingerprint density at radius 3 is 2.46 bits per heavy atom. The number of allylic oxidation sites excluding steroid dienone is 4. The summed E-state index contributed by atoms with van der Waals surface area (Å²) >= 11 is 0. The third-order valence-electron chi connectivity index (χ3n) is 9.89. The third kappa shape index (κ3) is 5.06. The number of carbonyl (C=O) groups excluding carboxylic acids is 3. The fourth-order valence-corrected chi connectivity index (χ4v) is 8.44. The highest BCUT2D eigenvalue weighted by Crippen LogP contribution is 2.68. The van der Waals surface area contributed by atoms with E-state index < -0.39 is 0 Å². The van der Waals surface area contributed by atoms with Gasteiger partial charge in [0.15, 0.2) is 17.3 Å². The molecule has 0 bridgehead atoms. The Kier molecular flexibility index (Phi) is 9.18. The van der Waals surface area contributed by atoms with Gasteiger partial charge in [-0.25, -0.2) is 0 Å². The van der Waals surface area contributed by atoms with Crippen LogP contribution in [0.4, 0.5) is 0 Å². The normalized spacial score (nSPS) is 35.4. The minimum Gasteiger partial charge on any atom is -0.461 e. The van der Waals surface area contributed by atoms with E-state index in [4.69, 9.17) is 10.2 Å². The zero-order valence-corrected chi connectivity index (χ0v) is 22.9. The quantitative estimate of drug-likeness (QED) is 0.380. The second kappa shape index (κ2) is 11.8. The summed E-state index contributed by atoms with van der Waals surface area (Å²) in [4.78, 5) is 35.2. The molecule has 4 aliphatic rings. The second-order valence-electron chi connectivity index (χ2n) is 11.3. The van der Waals surface area contributed by atoms with Gasteiger partial charge in [-0.1, -0.05) is 32.4 Å². The van der Waals surface area contributed by atoms with Crippen LogP contribution in [0.15, 0.2) is 46.6 Å². The molecule has 1 aromatic heterocycles. The Labute approximate surface area is 222 Å². The highest BCUT2D eigenvalue weighted by molar-refractivity contribution is 6.01. The average molecular weight is 506 g/mol. The van der Waals surface area contributed by atoms with Crippen LogP contribution in [0.3, 0.4) is 0 Å². The molecule has 0 saturated heterocycles. The van der Waals surface area contributed by atoms with E-state index in [1.54, 1.807) is 18.2 Å². The van der Waals surface area contributed by atoms with E-state index >= 15 is 0 Å². The van der Waals surface area contributed by atoms with Crippen LogP contribution in [0.5, 0.6) is 0 Å². The standard InChI is InChI=1S/C24H35NO2.C6H6O2.C2H2/c1-4-21(27)20-9-8-19-18-7-6-16-12-17(26)10-11-24(16,5-2)22(18)15(14-25)13-23(19,20)3;1-5(7)6-3-2-4-8-6;1-2/h10-12,15,18-20,22H,4-9,13-14,25H2,1-3H3;2-4H,1H3;1-2H. The van der Waals surface area contributed by atoms with Crippen LogP contribution in [0.2, 0.25) is 0 Å². The highest BCUT2D eigenvalue weighted by atomic mass is 16.3. The predicted molar refractivity (Wildman–Crippen MR) is 147 cm³/mol. The van der Waals surface area contributed by atoms with Gasteiger partial charge < -0.3 is 10.2 Å². The smallest absolute Gasteiger partial charge is 0.194 e. The predicted octanol–water partition coefficient (Wildman–Crippen LogP) is 6.20. The molecule has 0 spiro atoms. The van der Waals surface area contributed by atoms with Crippen molar-refractivity contribution in [3.63, 3.8) is 0 Å². The van der Waals surface area contributed by atoms with E-state index in [9.17, 15) is 14.4 Å². The van der Waals surface area contributed by atoms with E-state index in [0.29, 0.717) is 48.2 Å². The van der Waals surface area contributed by atoms with E-state index in [1.165, 1.54) is 25.2 Å². The summed E-state index contributed by atoms with van der Waals surface area (Å²) in [7, 11) is 0. The summed E-state index contributed by atoms with van der Waals surface area (Å²) in [5.41, 5.74) is 7.84. The molecule has 5 nitrogen and oxygen atoms in total. The Balaban J connectivity index is 0.000000322. The van der Waals surface area contributed by atoms with E-state index in [1.807, 2.05) is 13.0 Å². The van der Waals surface area contributed by atoms with Gasteiger partial charge in [-0.15, -0.1) is 12.8 Å². The number of hydrogen-bond acceptors (Lipinski definition) is 5. The summed E-state index contributed by atoms with van der Waals surface area (Å²) in [5, 5.41) is 0. The Hall–Kier alpha value is -2.71. The van der Waals surface area contributed by atoms with Gasteiger partial charge in [0.2, 0.25) is 0 Å². The number of hydrogen-bond donors (Lipinski definition) is 1. The van der Waals surface area contributed by atoms with Gasteiger partial charge in [0.1, 0.15) is 5.78 Å². The zero-order valence-electron chi connectivity index (χ0n) is 22.9. The lowest BCUT2D eigenvalue weighted by Crippen LogP contribution is -2.56. The first-order valence-corrected chi connectivity index (χ1v) is 13.8. The van der Waals surface area contributed by atoms with E-state index in [0.717, 1.165) is 32.1 Å². The van der Waals surface area contributed by atoms with Gasteiger partial charge in [0, 0.05) is 24.7 Å². The maximum Gasteiger partial charge on any atom is 0.194 e. The second-order valence-corrected chi connectivity index (χ2v) is 11.3. The summed E-state index contributed by atoms with van der Waals surface area (Å²) in [6, 6.07) is 3.33. The number of fused-ring (bicyclic) bond motifs is 5. The summed E-state index contributed by atoms with van der Waals surface area (Å²) in [6.45, 7) is 8.84. The van der Waals surface area contributed by atoms with Crippen LogP contribution in [0.1, 0.15) is 83.2 Å². The Morgan fingerprint density at radius 2 is 1.92 bits per heavy atom. The molecule has 1 heterocycles. The van der Waals surface area contributed by atoms with Crippen molar-refractivity contribution in [3.05, 3.63) is 48.0 Å². The lowest BCUT2D eigenvalue weighted by atomic mass is 9.43. The molecule has 0 radical (unpaired) electrons. The molecule has 0 aliphatic heterocycles. The topological polar surface area (TPSA) is 90.4 Å². The molecule has 0 aromatic carbocycles. The fourth-order valence-electron chi connectivity index (χ4n) is 8.44. The van der Waals surface area contributed by atoms with Crippen molar-refractivity contribution in [1.29, 1.82) is 0 Å². The summed E-state index contributed by atoms with van der Waals surface area (Å²) in [5.74, 6) is 3.42. The Bertz CT molecular complexity index is 1060. The minimum absolute atomic E-state index is 0.00897. The largest absolute Gasteiger partial charge is 0.461 e. The number of Topliss-reactive ketones (excluding diaryl/α,β-unsaturated/α-hetero) is 2. The van der Waals surface area contributed by atoms with Crippen LogP contribution < -0.4 is 5.73 Å². The lowest BCUT2D eigenvalue weighted by molar-refractivity contribution is -0.132.